The number of carbonyl (C=O) groups is 1. The quantitative estimate of drug-likeness (QED) is 0.313. The number of methoxy groups -OCH3 is 1. The van der Waals surface area contributed by atoms with Crippen molar-refractivity contribution in [1.82, 2.24) is 4.98 Å². The van der Waals surface area contributed by atoms with Crippen molar-refractivity contribution in [3.05, 3.63) is 78.4 Å². The van der Waals surface area contributed by atoms with Gasteiger partial charge in [-0.25, -0.2) is 9.78 Å². The summed E-state index contributed by atoms with van der Waals surface area (Å²) in [6, 6.07) is 22.1. The summed E-state index contributed by atoms with van der Waals surface area (Å²) in [5.74, 6) is 0.799. The first-order chi connectivity index (χ1) is 12.3. The summed E-state index contributed by atoms with van der Waals surface area (Å²) in [7, 11) is 1.60. The molecule has 1 aromatic heterocycles. The van der Waals surface area contributed by atoms with Crippen molar-refractivity contribution >= 4 is 27.8 Å². The van der Waals surface area contributed by atoms with Gasteiger partial charge < -0.3 is 9.47 Å². The molecule has 0 aliphatic heterocycles. The average Bonchev–Trinajstić information content (AvgIpc) is 2.66. The molecule has 0 radical (unpaired) electrons. The van der Waals surface area contributed by atoms with Gasteiger partial charge in [0.05, 0.1) is 23.7 Å². The molecule has 0 atom stereocenters. The highest BCUT2D eigenvalue weighted by molar-refractivity contribution is 6.15. The van der Waals surface area contributed by atoms with E-state index in [4.69, 9.17) is 9.47 Å². The van der Waals surface area contributed by atoms with E-state index in [9.17, 15) is 4.79 Å². The fourth-order valence-electron chi connectivity index (χ4n) is 2.87. The molecule has 0 saturated heterocycles. The number of esters is 1. The second-order valence-corrected chi connectivity index (χ2v) is 5.59. The zero-order valence-corrected chi connectivity index (χ0v) is 13.6. The maximum Gasteiger partial charge on any atom is 0.344 e. The van der Waals surface area contributed by atoms with Crippen molar-refractivity contribution in [2.24, 2.45) is 0 Å². The number of hydrogen-bond donors (Lipinski definition) is 0. The number of pyridine rings is 1. The molecule has 4 nitrogen and oxygen atoms in total. The third-order valence-corrected chi connectivity index (χ3v) is 4.05. The zero-order valence-electron chi connectivity index (χ0n) is 13.6. The smallest absolute Gasteiger partial charge is 0.344 e. The van der Waals surface area contributed by atoms with Gasteiger partial charge in [-0.2, -0.15) is 0 Å². The standard InChI is InChI=1S/C21H15NO3/c1-24-15-11-12-17-19(13-15)22-18-10-6-5-9-16(18)20(17)21(23)25-14-7-3-2-4-8-14/h2-13H,1H3. The van der Waals surface area contributed by atoms with Crippen LogP contribution in [0, 0.1) is 0 Å². The summed E-state index contributed by atoms with van der Waals surface area (Å²) >= 11 is 0. The van der Waals surface area contributed by atoms with Crippen molar-refractivity contribution < 1.29 is 14.3 Å². The number of nitrogens with zero attached hydrogens (tertiary/aromatic N) is 1. The maximum atomic E-state index is 12.9. The first-order valence-corrected chi connectivity index (χ1v) is 7.90. The Hall–Kier alpha value is -3.40. The van der Waals surface area contributed by atoms with E-state index in [2.05, 4.69) is 4.98 Å². The van der Waals surface area contributed by atoms with Crippen LogP contribution in [0.4, 0.5) is 0 Å². The van der Waals surface area contributed by atoms with E-state index in [1.807, 2.05) is 60.7 Å². The fraction of sp³-hybridized carbons (Fsp3) is 0.0476. The Labute approximate surface area is 144 Å². The Morgan fingerprint density at radius 3 is 2.32 bits per heavy atom. The molecular weight excluding hydrogens is 314 g/mol. The van der Waals surface area contributed by atoms with Crippen LogP contribution in [-0.2, 0) is 0 Å². The lowest BCUT2D eigenvalue weighted by Gasteiger charge is -2.11. The lowest BCUT2D eigenvalue weighted by Crippen LogP contribution is -2.10. The van der Waals surface area contributed by atoms with Crippen molar-refractivity contribution in [2.75, 3.05) is 7.11 Å². The Balaban J connectivity index is 1.93. The fourth-order valence-corrected chi connectivity index (χ4v) is 2.87. The van der Waals surface area contributed by atoms with E-state index < -0.39 is 5.97 Å². The summed E-state index contributed by atoms with van der Waals surface area (Å²) < 4.78 is 10.8. The van der Waals surface area contributed by atoms with Gasteiger partial charge in [-0.05, 0) is 30.3 Å². The van der Waals surface area contributed by atoms with Crippen molar-refractivity contribution in [3.63, 3.8) is 0 Å². The number of fused-ring (bicyclic) bond motifs is 2. The Kier molecular flexibility index (Phi) is 3.78. The first kappa shape index (κ1) is 15.1. The predicted molar refractivity (Wildman–Crippen MR) is 97.2 cm³/mol. The second-order valence-electron chi connectivity index (χ2n) is 5.59. The molecule has 4 rings (SSSR count). The molecule has 0 bridgehead atoms. The predicted octanol–water partition coefficient (Wildman–Crippen LogP) is 4.62. The molecule has 0 unspecified atom stereocenters. The minimum atomic E-state index is -0.403. The van der Waals surface area contributed by atoms with Crippen LogP contribution >= 0.6 is 0 Å². The van der Waals surface area contributed by atoms with E-state index in [0.717, 1.165) is 16.3 Å². The molecule has 0 amide bonds. The van der Waals surface area contributed by atoms with Crippen LogP contribution in [0.25, 0.3) is 21.8 Å². The highest BCUT2D eigenvalue weighted by atomic mass is 16.5. The zero-order chi connectivity index (χ0) is 17.2. The van der Waals surface area contributed by atoms with Crippen molar-refractivity contribution in [2.45, 2.75) is 0 Å². The van der Waals surface area contributed by atoms with Crippen LogP contribution in [0.3, 0.4) is 0 Å². The van der Waals surface area contributed by atoms with Gasteiger partial charge >= 0.3 is 5.97 Å². The topological polar surface area (TPSA) is 48.4 Å². The van der Waals surface area contributed by atoms with Gasteiger partial charge in [0.2, 0.25) is 0 Å². The Bertz CT molecular complexity index is 1070. The monoisotopic (exact) mass is 329 g/mol. The van der Waals surface area contributed by atoms with Crippen LogP contribution in [0.5, 0.6) is 11.5 Å². The van der Waals surface area contributed by atoms with Gasteiger partial charge in [0.25, 0.3) is 0 Å². The molecule has 0 fully saturated rings. The van der Waals surface area contributed by atoms with Crippen LogP contribution in [0.2, 0.25) is 0 Å². The van der Waals surface area contributed by atoms with Gasteiger partial charge in [-0.1, -0.05) is 36.4 Å². The molecule has 0 saturated carbocycles. The van der Waals surface area contributed by atoms with E-state index in [1.165, 1.54) is 0 Å². The van der Waals surface area contributed by atoms with E-state index in [1.54, 1.807) is 19.2 Å². The highest BCUT2D eigenvalue weighted by Crippen LogP contribution is 2.29. The number of para-hydroxylation sites is 2. The maximum absolute atomic E-state index is 12.9. The molecule has 122 valence electrons. The number of rotatable bonds is 3. The summed E-state index contributed by atoms with van der Waals surface area (Å²) in [6.45, 7) is 0. The van der Waals surface area contributed by atoms with Crippen LogP contribution < -0.4 is 9.47 Å². The van der Waals surface area contributed by atoms with Gasteiger partial charge in [0, 0.05) is 16.8 Å². The van der Waals surface area contributed by atoms with E-state index in [-0.39, 0.29) is 0 Å². The third-order valence-electron chi connectivity index (χ3n) is 4.05. The minimum absolute atomic E-state index is 0.403. The first-order valence-electron chi connectivity index (χ1n) is 7.90. The molecule has 4 aromatic rings. The summed E-state index contributed by atoms with van der Waals surface area (Å²) in [4.78, 5) is 17.6. The lowest BCUT2D eigenvalue weighted by atomic mass is 10.0. The van der Waals surface area contributed by atoms with Gasteiger partial charge in [0.1, 0.15) is 11.5 Å². The molecule has 25 heavy (non-hydrogen) atoms. The third kappa shape index (κ3) is 2.78. The number of benzene rings is 3. The summed E-state index contributed by atoms with van der Waals surface area (Å²) in [5.41, 5.74) is 1.94. The largest absolute Gasteiger partial charge is 0.497 e. The lowest BCUT2D eigenvalue weighted by molar-refractivity contribution is 0.0739. The van der Waals surface area contributed by atoms with E-state index >= 15 is 0 Å². The minimum Gasteiger partial charge on any atom is -0.497 e. The number of aromatic nitrogens is 1. The molecule has 0 N–H and O–H groups in total. The summed E-state index contributed by atoms with van der Waals surface area (Å²) in [5, 5.41) is 1.50. The molecule has 3 aromatic carbocycles. The molecular formula is C21H15NO3. The molecule has 1 heterocycles. The van der Waals surface area contributed by atoms with Gasteiger partial charge in [-0.3, -0.25) is 0 Å². The van der Waals surface area contributed by atoms with Crippen LogP contribution in [0.1, 0.15) is 10.4 Å². The van der Waals surface area contributed by atoms with Crippen molar-refractivity contribution in [3.8, 4) is 11.5 Å². The number of hydrogen-bond acceptors (Lipinski definition) is 4. The molecule has 0 aliphatic rings. The number of ether oxygens (including phenoxy) is 2. The van der Waals surface area contributed by atoms with Crippen LogP contribution in [-0.4, -0.2) is 18.1 Å². The molecule has 0 spiro atoms. The highest BCUT2D eigenvalue weighted by Gasteiger charge is 2.18. The molecule has 0 aliphatic carbocycles. The van der Waals surface area contributed by atoms with Gasteiger partial charge in [0.15, 0.2) is 0 Å². The van der Waals surface area contributed by atoms with Crippen molar-refractivity contribution in [1.29, 1.82) is 0 Å². The van der Waals surface area contributed by atoms with E-state index in [0.29, 0.717) is 22.6 Å². The Morgan fingerprint density at radius 1 is 0.800 bits per heavy atom. The van der Waals surface area contributed by atoms with Crippen LogP contribution in [0.15, 0.2) is 72.8 Å². The SMILES string of the molecule is COc1ccc2c(C(=O)Oc3ccccc3)c3ccccc3nc2c1. The Morgan fingerprint density at radius 2 is 1.52 bits per heavy atom. The normalized spacial score (nSPS) is 10.8. The van der Waals surface area contributed by atoms with Gasteiger partial charge in [-0.15, -0.1) is 0 Å². The summed E-state index contributed by atoms with van der Waals surface area (Å²) in [6.07, 6.45) is 0. The number of carbonyl (C=O) groups excluding carboxylic acids is 1. The second kappa shape index (κ2) is 6.24. The molecule has 4 heteroatoms. The average molecular weight is 329 g/mol.